The van der Waals surface area contributed by atoms with Crippen LogP contribution in [0.3, 0.4) is 0 Å². The van der Waals surface area contributed by atoms with Gasteiger partial charge in [-0.1, -0.05) is 44.2 Å². The Morgan fingerprint density at radius 2 is 1.92 bits per heavy atom. The van der Waals surface area contributed by atoms with E-state index in [0.29, 0.717) is 13.0 Å². The molecular formula is C20H21FN2O. The second-order valence-corrected chi connectivity index (χ2v) is 6.72. The molecule has 1 amide bonds. The fourth-order valence-electron chi connectivity index (χ4n) is 2.92. The van der Waals surface area contributed by atoms with E-state index in [1.54, 1.807) is 6.07 Å². The highest BCUT2D eigenvalue weighted by Gasteiger charge is 2.24. The Kier molecular flexibility index (Phi) is 4.38. The number of halogens is 1. The molecule has 24 heavy (non-hydrogen) atoms. The van der Waals surface area contributed by atoms with Crippen molar-refractivity contribution in [2.24, 2.45) is 0 Å². The Balaban J connectivity index is 1.70. The molecule has 3 aromatic rings. The predicted octanol–water partition coefficient (Wildman–Crippen LogP) is 3.94. The molecule has 0 saturated carbocycles. The third kappa shape index (κ3) is 3.48. The molecule has 3 nitrogen and oxygen atoms in total. The van der Waals surface area contributed by atoms with Gasteiger partial charge in [0.1, 0.15) is 5.82 Å². The first kappa shape index (κ1) is 16.2. The second kappa shape index (κ2) is 6.48. The molecule has 0 saturated heterocycles. The number of fused-ring (bicyclic) bond motifs is 1. The van der Waals surface area contributed by atoms with Crippen LogP contribution in [0.1, 0.15) is 25.0 Å². The monoisotopic (exact) mass is 324 g/mol. The van der Waals surface area contributed by atoms with Crippen LogP contribution >= 0.6 is 0 Å². The lowest BCUT2D eigenvalue weighted by Gasteiger charge is -2.25. The minimum atomic E-state index is -0.261. The zero-order valence-corrected chi connectivity index (χ0v) is 13.9. The largest absolute Gasteiger partial charge is 0.361 e. The average molecular weight is 324 g/mol. The van der Waals surface area contributed by atoms with Gasteiger partial charge in [-0.3, -0.25) is 4.79 Å². The highest BCUT2D eigenvalue weighted by molar-refractivity contribution is 5.84. The minimum absolute atomic E-state index is 0.000149. The van der Waals surface area contributed by atoms with Crippen molar-refractivity contribution >= 4 is 16.8 Å². The van der Waals surface area contributed by atoms with E-state index in [1.807, 2.05) is 36.5 Å². The summed E-state index contributed by atoms with van der Waals surface area (Å²) in [6.07, 6.45) is 2.27. The van der Waals surface area contributed by atoms with Crippen molar-refractivity contribution in [3.63, 3.8) is 0 Å². The molecule has 0 bridgehead atoms. The topological polar surface area (TPSA) is 44.9 Å². The van der Waals surface area contributed by atoms with Gasteiger partial charge in [0.2, 0.25) is 5.91 Å². The number of hydrogen-bond acceptors (Lipinski definition) is 1. The molecule has 0 atom stereocenters. The lowest BCUT2D eigenvalue weighted by Crippen LogP contribution is -2.37. The smallest absolute Gasteiger partial charge is 0.224 e. The quantitative estimate of drug-likeness (QED) is 0.733. The number of carbonyl (C=O) groups excluding carboxylic acids is 1. The van der Waals surface area contributed by atoms with E-state index in [4.69, 9.17) is 0 Å². The summed E-state index contributed by atoms with van der Waals surface area (Å²) in [4.78, 5) is 15.3. The maximum absolute atomic E-state index is 13.3. The van der Waals surface area contributed by atoms with Crippen LogP contribution < -0.4 is 5.32 Å². The molecule has 0 radical (unpaired) electrons. The molecule has 124 valence electrons. The van der Waals surface area contributed by atoms with Crippen LogP contribution in [0.25, 0.3) is 10.9 Å². The number of rotatable bonds is 5. The molecule has 1 aromatic heterocycles. The van der Waals surface area contributed by atoms with Crippen LogP contribution in [0.15, 0.2) is 54.7 Å². The van der Waals surface area contributed by atoms with E-state index in [0.717, 1.165) is 22.0 Å². The third-order valence-electron chi connectivity index (χ3n) is 4.31. The van der Waals surface area contributed by atoms with Crippen LogP contribution in [-0.4, -0.2) is 17.4 Å². The number of benzene rings is 2. The average Bonchev–Trinajstić information content (AvgIpc) is 2.98. The summed E-state index contributed by atoms with van der Waals surface area (Å²) in [5.74, 6) is -0.259. The van der Waals surface area contributed by atoms with Crippen molar-refractivity contribution in [3.05, 3.63) is 71.7 Å². The molecule has 0 aliphatic rings. The molecule has 3 rings (SSSR count). The summed E-state index contributed by atoms with van der Waals surface area (Å²) in [5.41, 5.74) is 2.57. The maximum atomic E-state index is 13.3. The lowest BCUT2D eigenvalue weighted by molar-refractivity contribution is -0.120. The first-order chi connectivity index (χ1) is 11.5. The fourth-order valence-corrected chi connectivity index (χ4v) is 2.92. The Bertz CT molecular complexity index is 852. The third-order valence-corrected chi connectivity index (χ3v) is 4.31. The summed E-state index contributed by atoms with van der Waals surface area (Å²) < 4.78 is 13.3. The van der Waals surface area contributed by atoms with Gasteiger partial charge in [0.15, 0.2) is 0 Å². The molecule has 1 heterocycles. The standard InChI is InChI=1S/C20H21FN2O/c1-20(2,13-23-19(24)10-14-6-4-3-5-7-14)17-12-22-18-11-15(21)8-9-16(17)18/h3-9,11-12,22H,10,13H2,1-2H3,(H,23,24). The Morgan fingerprint density at radius 1 is 1.17 bits per heavy atom. The van der Waals surface area contributed by atoms with E-state index in [-0.39, 0.29) is 17.1 Å². The van der Waals surface area contributed by atoms with Crippen molar-refractivity contribution in [1.29, 1.82) is 0 Å². The van der Waals surface area contributed by atoms with Gasteiger partial charge in [-0.05, 0) is 29.3 Å². The number of aromatic amines is 1. The van der Waals surface area contributed by atoms with Crippen LogP contribution in [0.4, 0.5) is 4.39 Å². The van der Waals surface area contributed by atoms with Crippen LogP contribution in [0, 0.1) is 5.82 Å². The van der Waals surface area contributed by atoms with Gasteiger partial charge < -0.3 is 10.3 Å². The highest BCUT2D eigenvalue weighted by atomic mass is 19.1. The normalized spacial score (nSPS) is 11.6. The second-order valence-electron chi connectivity index (χ2n) is 6.72. The molecule has 0 spiro atoms. The van der Waals surface area contributed by atoms with Crippen molar-refractivity contribution in [1.82, 2.24) is 10.3 Å². The van der Waals surface area contributed by atoms with Crippen molar-refractivity contribution in [3.8, 4) is 0 Å². The SMILES string of the molecule is CC(C)(CNC(=O)Cc1ccccc1)c1c[nH]c2cc(F)ccc12. The summed E-state index contributed by atoms with van der Waals surface area (Å²) in [6.45, 7) is 4.66. The number of hydrogen-bond donors (Lipinski definition) is 2. The summed E-state index contributed by atoms with van der Waals surface area (Å²) in [7, 11) is 0. The van der Waals surface area contributed by atoms with Crippen LogP contribution in [0.5, 0.6) is 0 Å². The van der Waals surface area contributed by atoms with Gasteiger partial charge in [0.05, 0.1) is 6.42 Å². The molecule has 0 unspecified atom stereocenters. The predicted molar refractivity (Wildman–Crippen MR) is 94.4 cm³/mol. The Morgan fingerprint density at radius 3 is 2.67 bits per heavy atom. The molecular weight excluding hydrogens is 303 g/mol. The van der Waals surface area contributed by atoms with Crippen molar-refractivity contribution < 1.29 is 9.18 Å². The Labute approximate surface area is 140 Å². The Hall–Kier alpha value is -2.62. The minimum Gasteiger partial charge on any atom is -0.361 e. The van der Waals surface area contributed by atoms with E-state index in [9.17, 15) is 9.18 Å². The first-order valence-electron chi connectivity index (χ1n) is 8.03. The number of amides is 1. The molecule has 4 heteroatoms. The molecule has 0 aliphatic carbocycles. The number of carbonyl (C=O) groups is 1. The lowest BCUT2D eigenvalue weighted by atomic mass is 9.84. The van der Waals surface area contributed by atoms with Gasteiger partial charge in [-0.25, -0.2) is 4.39 Å². The summed E-state index contributed by atoms with van der Waals surface area (Å²) >= 11 is 0. The molecule has 2 N–H and O–H groups in total. The van der Waals surface area contributed by atoms with Crippen LogP contribution in [-0.2, 0) is 16.6 Å². The van der Waals surface area contributed by atoms with E-state index < -0.39 is 0 Å². The zero-order chi connectivity index (χ0) is 17.2. The van der Waals surface area contributed by atoms with E-state index in [1.165, 1.54) is 12.1 Å². The summed E-state index contributed by atoms with van der Waals surface area (Å²) in [5, 5.41) is 3.99. The van der Waals surface area contributed by atoms with Gasteiger partial charge >= 0.3 is 0 Å². The fraction of sp³-hybridized carbons (Fsp3) is 0.250. The van der Waals surface area contributed by atoms with Gasteiger partial charge in [0, 0.05) is 29.1 Å². The molecule has 0 aliphatic heterocycles. The number of aromatic nitrogens is 1. The maximum Gasteiger partial charge on any atom is 0.224 e. The molecule has 0 fully saturated rings. The van der Waals surface area contributed by atoms with Crippen molar-refractivity contribution in [2.75, 3.05) is 6.54 Å². The zero-order valence-electron chi connectivity index (χ0n) is 13.9. The van der Waals surface area contributed by atoms with E-state index >= 15 is 0 Å². The first-order valence-corrected chi connectivity index (χ1v) is 8.03. The van der Waals surface area contributed by atoms with Gasteiger partial charge in [-0.15, -0.1) is 0 Å². The van der Waals surface area contributed by atoms with Crippen molar-refractivity contribution in [2.45, 2.75) is 25.7 Å². The highest BCUT2D eigenvalue weighted by Crippen LogP contribution is 2.30. The van der Waals surface area contributed by atoms with Gasteiger partial charge in [-0.2, -0.15) is 0 Å². The number of nitrogens with one attached hydrogen (secondary N) is 2. The van der Waals surface area contributed by atoms with Gasteiger partial charge in [0.25, 0.3) is 0 Å². The van der Waals surface area contributed by atoms with E-state index in [2.05, 4.69) is 24.1 Å². The number of H-pyrrole nitrogens is 1. The molecule has 2 aromatic carbocycles. The summed E-state index contributed by atoms with van der Waals surface area (Å²) in [6, 6.07) is 14.4. The van der Waals surface area contributed by atoms with Crippen LogP contribution in [0.2, 0.25) is 0 Å².